The van der Waals surface area contributed by atoms with Gasteiger partial charge in [0.1, 0.15) is 28.8 Å². The standard InChI is InChI=1S/C34H37N9O3/c1-34(2,3)29-21-31(43(41-29)24-8-11-27-22(19-24)5-12-30(39-27)42-17-15-36-16-18-42)40-33(45)38-23-6-9-25(10-7-23)46-26-13-14-37-28(20-26)32(44)35-4/h5-14,19-21,36H,15-18H2,1-4H3,(H,35,44)(H2,38,40,45). The molecule has 2 aromatic carbocycles. The molecule has 236 valence electrons. The van der Waals surface area contributed by atoms with E-state index in [2.05, 4.69) is 64.1 Å². The van der Waals surface area contributed by atoms with Crippen LogP contribution in [0.4, 0.5) is 22.1 Å². The summed E-state index contributed by atoms with van der Waals surface area (Å²) in [6.07, 6.45) is 1.51. The van der Waals surface area contributed by atoms with Gasteiger partial charge in [0, 0.05) is 68.0 Å². The molecule has 0 atom stereocenters. The van der Waals surface area contributed by atoms with Crippen molar-refractivity contribution in [3.63, 3.8) is 0 Å². The van der Waals surface area contributed by atoms with Crippen LogP contribution in [0.3, 0.4) is 0 Å². The smallest absolute Gasteiger partial charge is 0.324 e. The third-order valence-corrected chi connectivity index (χ3v) is 7.60. The van der Waals surface area contributed by atoms with Crippen LogP contribution in [-0.2, 0) is 5.41 Å². The molecule has 4 heterocycles. The topological polar surface area (TPSA) is 138 Å². The predicted molar refractivity (Wildman–Crippen MR) is 179 cm³/mol. The van der Waals surface area contributed by atoms with Gasteiger partial charge in [-0.1, -0.05) is 20.8 Å². The van der Waals surface area contributed by atoms with Gasteiger partial charge in [-0.3, -0.25) is 15.1 Å². The monoisotopic (exact) mass is 619 g/mol. The van der Waals surface area contributed by atoms with Crippen molar-refractivity contribution < 1.29 is 14.3 Å². The molecule has 0 unspecified atom stereocenters. The van der Waals surface area contributed by atoms with E-state index in [9.17, 15) is 9.59 Å². The normalized spacial score (nSPS) is 13.3. The molecule has 6 rings (SSSR count). The maximum atomic E-state index is 13.2. The first-order valence-electron chi connectivity index (χ1n) is 15.2. The number of rotatable bonds is 7. The van der Waals surface area contributed by atoms with Crippen LogP contribution in [0.5, 0.6) is 11.5 Å². The molecule has 0 spiro atoms. The number of urea groups is 1. The van der Waals surface area contributed by atoms with Crippen molar-refractivity contribution in [2.45, 2.75) is 26.2 Å². The molecule has 46 heavy (non-hydrogen) atoms. The van der Waals surface area contributed by atoms with Gasteiger partial charge in [0.05, 0.1) is 16.9 Å². The van der Waals surface area contributed by atoms with Gasteiger partial charge in [0.15, 0.2) is 0 Å². The zero-order valence-electron chi connectivity index (χ0n) is 26.3. The minimum atomic E-state index is -0.414. The molecular weight excluding hydrogens is 582 g/mol. The number of piperazine rings is 1. The summed E-state index contributed by atoms with van der Waals surface area (Å²) in [7, 11) is 1.54. The second kappa shape index (κ2) is 12.9. The number of hydrogen-bond acceptors (Lipinski definition) is 8. The first-order valence-corrected chi connectivity index (χ1v) is 15.2. The molecule has 12 heteroatoms. The number of ether oxygens (including phenoxy) is 1. The lowest BCUT2D eigenvalue weighted by atomic mass is 9.92. The minimum absolute atomic E-state index is 0.236. The molecule has 4 N–H and O–H groups in total. The molecule has 5 aromatic rings. The highest BCUT2D eigenvalue weighted by molar-refractivity contribution is 5.99. The maximum absolute atomic E-state index is 13.2. The number of carbonyl (C=O) groups is 2. The molecule has 3 amide bonds. The van der Waals surface area contributed by atoms with E-state index in [1.165, 1.54) is 6.20 Å². The summed E-state index contributed by atoms with van der Waals surface area (Å²) in [5.41, 5.74) is 3.15. The van der Waals surface area contributed by atoms with Gasteiger partial charge in [-0.15, -0.1) is 0 Å². The summed E-state index contributed by atoms with van der Waals surface area (Å²) in [5, 5.41) is 17.6. The maximum Gasteiger partial charge on any atom is 0.324 e. The third-order valence-electron chi connectivity index (χ3n) is 7.60. The Morgan fingerprint density at radius 2 is 1.67 bits per heavy atom. The predicted octanol–water partition coefficient (Wildman–Crippen LogP) is 5.32. The fourth-order valence-electron chi connectivity index (χ4n) is 5.09. The number of aromatic nitrogens is 4. The van der Waals surface area contributed by atoms with E-state index in [4.69, 9.17) is 14.8 Å². The highest BCUT2D eigenvalue weighted by Crippen LogP contribution is 2.29. The molecule has 3 aromatic heterocycles. The molecule has 1 aliphatic rings. The fraction of sp³-hybridized carbons (Fsp3) is 0.265. The van der Waals surface area contributed by atoms with Gasteiger partial charge in [0.25, 0.3) is 5.91 Å². The highest BCUT2D eigenvalue weighted by atomic mass is 16.5. The summed E-state index contributed by atoms with van der Waals surface area (Å²) >= 11 is 0. The number of pyridine rings is 2. The Kier molecular flexibility index (Phi) is 8.53. The second-order valence-corrected chi connectivity index (χ2v) is 12.0. The van der Waals surface area contributed by atoms with E-state index in [-0.39, 0.29) is 17.0 Å². The number of nitrogens with one attached hydrogen (secondary N) is 4. The summed E-state index contributed by atoms with van der Waals surface area (Å²) in [6.45, 7) is 10.0. The summed E-state index contributed by atoms with van der Waals surface area (Å²) in [6, 6.07) is 21.8. The van der Waals surface area contributed by atoms with Crippen molar-refractivity contribution in [3.8, 4) is 17.2 Å². The van der Waals surface area contributed by atoms with Crippen molar-refractivity contribution in [1.29, 1.82) is 0 Å². The zero-order chi connectivity index (χ0) is 32.3. The summed E-state index contributed by atoms with van der Waals surface area (Å²) in [5.74, 6) is 2.22. The Labute approximate surface area is 267 Å². The summed E-state index contributed by atoms with van der Waals surface area (Å²) in [4.78, 5) is 36.3. The van der Waals surface area contributed by atoms with Crippen molar-refractivity contribution in [2.75, 3.05) is 48.8 Å². The lowest BCUT2D eigenvalue weighted by Gasteiger charge is -2.28. The number of carbonyl (C=O) groups excluding carboxylic acids is 2. The first kappa shape index (κ1) is 30.5. The number of hydrogen-bond donors (Lipinski definition) is 4. The number of fused-ring (bicyclic) bond motifs is 1. The van der Waals surface area contributed by atoms with Crippen LogP contribution in [0, 0.1) is 0 Å². The van der Waals surface area contributed by atoms with Gasteiger partial charge >= 0.3 is 6.03 Å². The SMILES string of the molecule is CNC(=O)c1cc(Oc2ccc(NC(=O)Nc3cc(C(C)(C)C)nn3-c3ccc4nc(N5CCNCC5)ccc4c3)cc2)ccn1. The molecule has 0 radical (unpaired) electrons. The Morgan fingerprint density at radius 3 is 2.41 bits per heavy atom. The van der Waals surface area contributed by atoms with Crippen LogP contribution in [0.25, 0.3) is 16.6 Å². The molecule has 1 aliphatic heterocycles. The minimum Gasteiger partial charge on any atom is -0.457 e. The quantitative estimate of drug-likeness (QED) is 0.192. The number of benzene rings is 2. The Hall–Kier alpha value is -5.49. The van der Waals surface area contributed by atoms with E-state index >= 15 is 0 Å². The van der Waals surface area contributed by atoms with E-state index in [0.29, 0.717) is 23.0 Å². The van der Waals surface area contributed by atoms with E-state index < -0.39 is 6.03 Å². The van der Waals surface area contributed by atoms with Gasteiger partial charge in [-0.25, -0.2) is 14.5 Å². The Morgan fingerprint density at radius 1 is 0.891 bits per heavy atom. The van der Waals surface area contributed by atoms with Crippen LogP contribution in [0.2, 0.25) is 0 Å². The van der Waals surface area contributed by atoms with Crippen LogP contribution in [0.1, 0.15) is 37.0 Å². The van der Waals surface area contributed by atoms with E-state index in [1.54, 1.807) is 48.1 Å². The number of nitrogens with zero attached hydrogens (tertiary/aromatic N) is 5. The molecule has 0 saturated carbocycles. The van der Waals surface area contributed by atoms with Gasteiger partial charge in [-0.05, 0) is 60.7 Å². The van der Waals surface area contributed by atoms with Crippen molar-refractivity contribution in [1.82, 2.24) is 30.4 Å². The van der Waals surface area contributed by atoms with Crippen molar-refractivity contribution >= 4 is 40.2 Å². The van der Waals surface area contributed by atoms with Crippen molar-refractivity contribution in [2.24, 2.45) is 0 Å². The molecule has 1 saturated heterocycles. The first-order chi connectivity index (χ1) is 22.2. The van der Waals surface area contributed by atoms with E-state index in [1.807, 2.05) is 24.3 Å². The number of amides is 3. The average Bonchev–Trinajstić information content (AvgIpc) is 3.49. The van der Waals surface area contributed by atoms with Crippen LogP contribution >= 0.6 is 0 Å². The van der Waals surface area contributed by atoms with Crippen LogP contribution in [0.15, 0.2) is 79.0 Å². The lowest BCUT2D eigenvalue weighted by Crippen LogP contribution is -2.43. The van der Waals surface area contributed by atoms with Gasteiger partial charge in [-0.2, -0.15) is 5.10 Å². The lowest BCUT2D eigenvalue weighted by molar-refractivity contribution is 0.0957. The molecular formula is C34H37N9O3. The molecule has 0 bridgehead atoms. The Balaban J connectivity index is 1.18. The Bertz CT molecular complexity index is 1870. The van der Waals surface area contributed by atoms with Gasteiger partial charge in [0.2, 0.25) is 0 Å². The third kappa shape index (κ3) is 6.92. The van der Waals surface area contributed by atoms with Crippen LogP contribution < -0.4 is 30.9 Å². The second-order valence-electron chi connectivity index (χ2n) is 12.0. The average molecular weight is 620 g/mol. The fourth-order valence-corrected chi connectivity index (χ4v) is 5.09. The summed E-state index contributed by atoms with van der Waals surface area (Å²) < 4.78 is 7.62. The highest BCUT2D eigenvalue weighted by Gasteiger charge is 2.22. The zero-order valence-corrected chi connectivity index (χ0v) is 26.3. The largest absolute Gasteiger partial charge is 0.457 e. The van der Waals surface area contributed by atoms with Crippen LogP contribution in [-0.4, -0.2) is 64.9 Å². The van der Waals surface area contributed by atoms with Gasteiger partial charge < -0.3 is 25.6 Å². The molecule has 1 fully saturated rings. The number of anilines is 3. The van der Waals surface area contributed by atoms with E-state index in [0.717, 1.165) is 54.3 Å². The molecule has 0 aliphatic carbocycles. The van der Waals surface area contributed by atoms with Crippen molar-refractivity contribution in [3.05, 3.63) is 90.4 Å². The molecule has 12 nitrogen and oxygen atoms in total.